The normalized spacial score (nSPS) is 17.6. The van der Waals surface area contributed by atoms with Gasteiger partial charge >= 0.3 is 0 Å². The molecule has 1 aliphatic heterocycles. The van der Waals surface area contributed by atoms with E-state index in [1.54, 1.807) is 30.3 Å². The summed E-state index contributed by atoms with van der Waals surface area (Å²) >= 11 is 6.20. The Bertz CT molecular complexity index is 835. The fourth-order valence-corrected chi connectivity index (χ4v) is 2.95. The molecule has 1 aliphatic rings. The maximum absolute atomic E-state index is 13.0. The highest BCUT2D eigenvalue weighted by Crippen LogP contribution is 2.32. The number of rotatable bonds is 3. The van der Waals surface area contributed by atoms with Gasteiger partial charge in [0.25, 0.3) is 0 Å². The lowest BCUT2D eigenvalue weighted by atomic mass is 9.98. The molecule has 2 aromatic rings. The molecule has 3 rings (SSSR count). The first-order valence-electron chi connectivity index (χ1n) is 7.78. The van der Waals surface area contributed by atoms with E-state index in [1.165, 1.54) is 12.1 Å². The molecule has 5 nitrogen and oxygen atoms in total. The maximum atomic E-state index is 13.0. The Morgan fingerprint density at radius 2 is 2.04 bits per heavy atom. The van der Waals surface area contributed by atoms with E-state index in [0.29, 0.717) is 23.0 Å². The minimum Gasteiger partial charge on any atom is -0.494 e. The number of ether oxygens (including phenoxy) is 1. The van der Waals surface area contributed by atoms with Crippen molar-refractivity contribution < 1.29 is 9.13 Å². The predicted octanol–water partition coefficient (Wildman–Crippen LogP) is 3.79. The number of nitrogens with zero attached hydrogens (tertiary/aromatic N) is 3. The van der Waals surface area contributed by atoms with Crippen molar-refractivity contribution in [1.82, 2.24) is 5.01 Å². The third-order valence-corrected chi connectivity index (χ3v) is 4.22. The molecule has 0 spiro atoms. The highest BCUT2D eigenvalue weighted by atomic mass is 35.5. The zero-order valence-corrected chi connectivity index (χ0v) is 14.7. The molecule has 0 fully saturated rings. The molecule has 0 radical (unpaired) electrons. The number of hydrazone groups is 1. The van der Waals surface area contributed by atoms with Crippen LogP contribution < -0.4 is 10.5 Å². The first kappa shape index (κ1) is 17.2. The van der Waals surface area contributed by atoms with E-state index in [2.05, 4.69) is 10.1 Å². The van der Waals surface area contributed by atoms with E-state index < -0.39 is 0 Å². The molecule has 0 bridgehead atoms. The summed E-state index contributed by atoms with van der Waals surface area (Å²) in [6.45, 7) is 2.63. The van der Waals surface area contributed by atoms with Gasteiger partial charge in [-0.05, 0) is 36.4 Å². The lowest BCUT2D eigenvalue weighted by molar-refractivity contribution is 0.414. The molecule has 1 atom stereocenters. The molecule has 0 saturated carbocycles. The molecule has 0 aromatic heterocycles. The first-order chi connectivity index (χ1) is 12.0. The van der Waals surface area contributed by atoms with Crippen molar-refractivity contribution in [1.29, 1.82) is 0 Å². The van der Waals surface area contributed by atoms with Crippen LogP contribution in [0.5, 0.6) is 5.75 Å². The first-order valence-corrected chi connectivity index (χ1v) is 8.16. The summed E-state index contributed by atoms with van der Waals surface area (Å²) < 4.78 is 18.4. The van der Waals surface area contributed by atoms with Crippen molar-refractivity contribution in [3.05, 3.63) is 58.9 Å². The average molecular weight is 361 g/mol. The Kier molecular flexibility index (Phi) is 4.90. The number of hydrogen-bond acceptors (Lipinski definition) is 3. The number of methoxy groups -OCH3 is 1. The standard InChI is InChI=1S/C18H18ClFN4O/c1-11-10-24(18(21)22-13-8-6-12(20)7-9-13)23-16(11)14-4-3-5-15(19)17(14)25-2/h3-9,11H,10H2,1-2H3,(H2,21,22). The van der Waals surface area contributed by atoms with Crippen LogP contribution in [0.1, 0.15) is 12.5 Å². The molecule has 1 heterocycles. The van der Waals surface area contributed by atoms with Gasteiger partial charge in [0.1, 0.15) is 11.6 Å². The van der Waals surface area contributed by atoms with Crippen LogP contribution in [-0.2, 0) is 0 Å². The van der Waals surface area contributed by atoms with Crippen LogP contribution in [0.3, 0.4) is 0 Å². The van der Waals surface area contributed by atoms with E-state index in [9.17, 15) is 4.39 Å². The van der Waals surface area contributed by atoms with Crippen molar-refractivity contribution >= 4 is 29.0 Å². The Morgan fingerprint density at radius 3 is 2.72 bits per heavy atom. The van der Waals surface area contributed by atoms with Gasteiger partial charge in [-0.15, -0.1) is 0 Å². The summed E-state index contributed by atoms with van der Waals surface area (Å²) in [7, 11) is 1.58. The summed E-state index contributed by atoms with van der Waals surface area (Å²) in [4.78, 5) is 4.29. The second kappa shape index (κ2) is 7.11. The molecule has 1 unspecified atom stereocenters. The van der Waals surface area contributed by atoms with Crippen molar-refractivity contribution in [2.45, 2.75) is 6.92 Å². The number of para-hydroxylation sites is 1. The Morgan fingerprint density at radius 1 is 1.32 bits per heavy atom. The monoisotopic (exact) mass is 360 g/mol. The second-order valence-electron chi connectivity index (χ2n) is 5.74. The lowest BCUT2D eigenvalue weighted by Gasteiger charge is -2.12. The molecule has 0 amide bonds. The van der Waals surface area contributed by atoms with Crippen molar-refractivity contribution in [3.63, 3.8) is 0 Å². The average Bonchev–Trinajstić information content (AvgIpc) is 2.98. The Labute approximate surface area is 150 Å². The summed E-state index contributed by atoms with van der Waals surface area (Å²) in [6, 6.07) is 11.3. The number of benzene rings is 2. The zero-order chi connectivity index (χ0) is 18.0. The number of halogens is 2. The van der Waals surface area contributed by atoms with Crippen LogP contribution in [0, 0.1) is 11.7 Å². The van der Waals surface area contributed by atoms with Gasteiger partial charge in [0.15, 0.2) is 0 Å². The molecule has 0 aliphatic carbocycles. The summed E-state index contributed by atoms with van der Waals surface area (Å²) in [6.07, 6.45) is 0. The van der Waals surface area contributed by atoms with Gasteiger partial charge in [0, 0.05) is 11.5 Å². The number of hydrogen-bond donors (Lipinski definition) is 1. The topological polar surface area (TPSA) is 63.2 Å². The molecular formula is C18H18ClFN4O. The van der Waals surface area contributed by atoms with Gasteiger partial charge < -0.3 is 10.5 Å². The summed E-state index contributed by atoms with van der Waals surface area (Å²) in [5.74, 6) is 0.634. The summed E-state index contributed by atoms with van der Waals surface area (Å²) in [5, 5.41) is 6.74. The lowest BCUT2D eigenvalue weighted by Crippen LogP contribution is -2.32. The van der Waals surface area contributed by atoms with Crippen molar-refractivity contribution in [2.24, 2.45) is 21.7 Å². The van der Waals surface area contributed by atoms with E-state index in [0.717, 1.165) is 11.3 Å². The minimum atomic E-state index is -0.319. The van der Waals surface area contributed by atoms with Crippen molar-refractivity contribution in [3.8, 4) is 5.75 Å². The fraction of sp³-hybridized carbons (Fsp3) is 0.222. The quantitative estimate of drug-likeness (QED) is 0.669. The zero-order valence-electron chi connectivity index (χ0n) is 13.9. The number of aliphatic imine (C=N–C) groups is 1. The highest BCUT2D eigenvalue weighted by molar-refractivity contribution is 6.32. The predicted molar refractivity (Wildman–Crippen MR) is 98.1 cm³/mol. The third kappa shape index (κ3) is 3.58. The fourth-order valence-electron chi connectivity index (χ4n) is 2.70. The minimum absolute atomic E-state index is 0.120. The van der Waals surface area contributed by atoms with Crippen LogP contribution in [0.4, 0.5) is 10.1 Å². The maximum Gasteiger partial charge on any atom is 0.217 e. The molecule has 130 valence electrons. The van der Waals surface area contributed by atoms with Crippen LogP contribution in [0.2, 0.25) is 5.02 Å². The van der Waals surface area contributed by atoms with Crippen LogP contribution in [-0.4, -0.2) is 30.3 Å². The second-order valence-corrected chi connectivity index (χ2v) is 6.14. The van der Waals surface area contributed by atoms with E-state index in [4.69, 9.17) is 22.1 Å². The van der Waals surface area contributed by atoms with Crippen molar-refractivity contribution in [2.75, 3.05) is 13.7 Å². The molecular weight excluding hydrogens is 343 g/mol. The van der Waals surface area contributed by atoms with Crippen LogP contribution >= 0.6 is 11.6 Å². The van der Waals surface area contributed by atoms with Gasteiger partial charge in [0.05, 0.1) is 30.1 Å². The van der Waals surface area contributed by atoms with E-state index in [-0.39, 0.29) is 17.7 Å². The molecule has 2 aromatic carbocycles. The van der Waals surface area contributed by atoms with Gasteiger partial charge in [0.2, 0.25) is 5.96 Å². The largest absolute Gasteiger partial charge is 0.494 e. The Hall–Kier alpha value is -2.60. The summed E-state index contributed by atoms with van der Waals surface area (Å²) in [5.41, 5.74) is 8.30. The Balaban J connectivity index is 1.91. The molecule has 25 heavy (non-hydrogen) atoms. The molecule has 0 saturated heterocycles. The third-order valence-electron chi connectivity index (χ3n) is 3.92. The van der Waals surface area contributed by atoms with Crippen LogP contribution in [0.15, 0.2) is 52.6 Å². The highest BCUT2D eigenvalue weighted by Gasteiger charge is 2.28. The van der Waals surface area contributed by atoms with E-state index >= 15 is 0 Å². The van der Waals surface area contributed by atoms with Gasteiger partial charge in [-0.25, -0.2) is 14.4 Å². The van der Waals surface area contributed by atoms with Gasteiger partial charge in [-0.2, -0.15) is 5.10 Å². The van der Waals surface area contributed by atoms with E-state index in [1.807, 2.05) is 19.1 Å². The van der Waals surface area contributed by atoms with Gasteiger partial charge in [-0.1, -0.05) is 24.6 Å². The van der Waals surface area contributed by atoms with Crippen LogP contribution in [0.25, 0.3) is 0 Å². The molecule has 2 N–H and O–H groups in total. The van der Waals surface area contributed by atoms with Gasteiger partial charge in [-0.3, -0.25) is 0 Å². The smallest absolute Gasteiger partial charge is 0.217 e. The number of guanidine groups is 1. The molecule has 7 heteroatoms. The number of nitrogens with two attached hydrogens (primary N) is 1. The SMILES string of the molecule is COc1c(Cl)cccc1C1=NN(C(N)=Nc2ccc(F)cc2)CC1C.